The predicted molar refractivity (Wildman–Crippen MR) is 45.7 cm³/mol. The second-order valence-electron chi connectivity index (χ2n) is 2.50. The van der Waals surface area contributed by atoms with Gasteiger partial charge in [0, 0.05) is 19.2 Å². The first-order valence-electron chi connectivity index (χ1n) is 3.92. The van der Waals surface area contributed by atoms with Crippen LogP contribution in [0.5, 0.6) is 0 Å². The largest absolute Gasteiger partial charge is 0.495 e. The number of allylic oxidation sites excluding steroid dienone is 1. The molecule has 0 heterocycles. The Morgan fingerprint density at radius 2 is 2.17 bits per heavy atom. The van der Waals surface area contributed by atoms with Crippen molar-refractivity contribution in [3.05, 3.63) is 12.0 Å². The van der Waals surface area contributed by atoms with Crippen LogP contribution in [-0.4, -0.2) is 29.1 Å². The van der Waals surface area contributed by atoms with Crippen LogP contribution in [0.4, 0.5) is 0 Å². The second-order valence-corrected chi connectivity index (χ2v) is 2.50. The van der Waals surface area contributed by atoms with Crippen LogP contribution in [0.25, 0.3) is 0 Å². The number of ketones is 1. The molecule has 0 fully saturated rings. The zero-order chi connectivity index (χ0) is 9.40. The van der Waals surface area contributed by atoms with Gasteiger partial charge in [0.2, 0.25) is 0 Å². The lowest BCUT2D eigenvalue weighted by Crippen LogP contribution is -2.15. The molecule has 0 aliphatic rings. The Morgan fingerprint density at radius 3 is 2.67 bits per heavy atom. The van der Waals surface area contributed by atoms with Gasteiger partial charge in [-0.15, -0.1) is 0 Å². The molecule has 0 rings (SSSR count). The summed E-state index contributed by atoms with van der Waals surface area (Å²) in [5.41, 5.74) is 0. The standard InChI is InChI=1S/C8H15NO3/c1-7(11)6-8(12)9-4-2-3-5-10/h6,9-10,12H,2-5H2,1H3/b8-6-. The molecule has 0 aromatic carbocycles. The Morgan fingerprint density at radius 1 is 1.50 bits per heavy atom. The summed E-state index contributed by atoms with van der Waals surface area (Å²) in [6.45, 7) is 2.08. The summed E-state index contributed by atoms with van der Waals surface area (Å²) in [5.74, 6) is -0.303. The number of aliphatic hydroxyl groups is 2. The van der Waals surface area contributed by atoms with Gasteiger partial charge in [-0.05, 0) is 19.8 Å². The second kappa shape index (κ2) is 6.67. The number of carbonyl (C=O) groups excluding carboxylic acids is 1. The third kappa shape index (κ3) is 7.08. The van der Waals surface area contributed by atoms with Crippen molar-refractivity contribution in [1.82, 2.24) is 5.32 Å². The number of hydrogen-bond donors (Lipinski definition) is 3. The Balaban J connectivity index is 3.43. The highest BCUT2D eigenvalue weighted by Gasteiger charge is 1.93. The van der Waals surface area contributed by atoms with Crippen molar-refractivity contribution in [2.45, 2.75) is 19.8 Å². The number of carbonyl (C=O) groups is 1. The molecule has 0 atom stereocenters. The lowest BCUT2D eigenvalue weighted by atomic mass is 10.3. The molecule has 0 unspecified atom stereocenters. The van der Waals surface area contributed by atoms with Crippen LogP contribution in [0.15, 0.2) is 12.0 Å². The monoisotopic (exact) mass is 173 g/mol. The van der Waals surface area contributed by atoms with Crippen LogP contribution in [0.2, 0.25) is 0 Å². The molecule has 0 saturated carbocycles. The molecule has 4 heteroatoms. The summed E-state index contributed by atoms with van der Waals surface area (Å²) in [5, 5.41) is 20.0. The van der Waals surface area contributed by atoms with Gasteiger partial charge in [0.1, 0.15) is 0 Å². The fourth-order valence-corrected chi connectivity index (χ4v) is 0.697. The number of hydrogen-bond acceptors (Lipinski definition) is 4. The third-order valence-corrected chi connectivity index (χ3v) is 1.23. The van der Waals surface area contributed by atoms with Crippen LogP contribution in [-0.2, 0) is 4.79 Å². The molecule has 3 N–H and O–H groups in total. The molecule has 0 radical (unpaired) electrons. The quantitative estimate of drug-likeness (QED) is 0.308. The van der Waals surface area contributed by atoms with E-state index in [-0.39, 0.29) is 18.3 Å². The lowest BCUT2D eigenvalue weighted by Gasteiger charge is -2.02. The van der Waals surface area contributed by atoms with E-state index in [0.29, 0.717) is 13.0 Å². The van der Waals surface area contributed by atoms with Crippen molar-refractivity contribution in [3.8, 4) is 0 Å². The van der Waals surface area contributed by atoms with Crippen molar-refractivity contribution in [1.29, 1.82) is 0 Å². The summed E-state index contributed by atoms with van der Waals surface area (Å²) < 4.78 is 0. The van der Waals surface area contributed by atoms with Gasteiger partial charge in [-0.25, -0.2) is 0 Å². The third-order valence-electron chi connectivity index (χ3n) is 1.23. The normalized spacial score (nSPS) is 11.3. The fraction of sp³-hybridized carbons (Fsp3) is 0.625. The first kappa shape index (κ1) is 11.0. The van der Waals surface area contributed by atoms with Gasteiger partial charge in [0.05, 0.1) is 0 Å². The summed E-state index contributed by atoms with van der Waals surface area (Å²) >= 11 is 0. The van der Waals surface area contributed by atoms with Gasteiger partial charge in [-0.3, -0.25) is 4.79 Å². The molecule has 0 bridgehead atoms. The molecule has 0 aromatic rings. The zero-order valence-corrected chi connectivity index (χ0v) is 7.21. The smallest absolute Gasteiger partial charge is 0.187 e. The predicted octanol–water partition coefficient (Wildman–Crippen LogP) is 0.337. The maximum atomic E-state index is 10.4. The molecule has 0 aliphatic carbocycles. The molecule has 0 saturated heterocycles. The highest BCUT2D eigenvalue weighted by Crippen LogP contribution is 1.87. The molecule has 12 heavy (non-hydrogen) atoms. The molecule has 0 aromatic heterocycles. The van der Waals surface area contributed by atoms with Crippen LogP contribution in [0.1, 0.15) is 19.8 Å². The van der Waals surface area contributed by atoms with Gasteiger partial charge in [-0.2, -0.15) is 0 Å². The first-order valence-corrected chi connectivity index (χ1v) is 3.92. The molecule has 0 aliphatic heterocycles. The maximum Gasteiger partial charge on any atom is 0.187 e. The first-order chi connectivity index (χ1) is 5.66. The summed E-state index contributed by atoms with van der Waals surface area (Å²) in [6, 6.07) is 0. The Bertz CT molecular complexity index is 166. The van der Waals surface area contributed by atoms with Crippen LogP contribution in [0.3, 0.4) is 0 Å². The lowest BCUT2D eigenvalue weighted by molar-refractivity contribution is -0.112. The van der Waals surface area contributed by atoms with Crippen LogP contribution < -0.4 is 5.32 Å². The Kier molecular flexibility index (Phi) is 6.09. The number of aliphatic hydroxyl groups excluding tert-OH is 2. The van der Waals surface area contributed by atoms with Gasteiger partial charge >= 0.3 is 0 Å². The average molecular weight is 173 g/mol. The van der Waals surface area contributed by atoms with Gasteiger partial charge in [0.15, 0.2) is 11.7 Å². The highest BCUT2D eigenvalue weighted by atomic mass is 16.3. The van der Waals surface area contributed by atoms with E-state index in [1.165, 1.54) is 6.92 Å². The van der Waals surface area contributed by atoms with Crippen molar-refractivity contribution < 1.29 is 15.0 Å². The Hall–Kier alpha value is -1.03. The van der Waals surface area contributed by atoms with Gasteiger partial charge in [-0.1, -0.05) is 0 Å². The van der Waals surface area contributed by atoms with Crippen LogP contribution in [0, 0.1) is 0 Å². The average Bonchev–Trinajstić information content (AvgIpc) is 1.97. The van der Waals surface area contributed by atoms with E-state index >= 15 is 0 Å². The molecule has 4 nitrogen and oxygen atoms in total. The summed E-state index contributed by atoms with van der Waals surface area (Å²) in [7, 11) is 0. The number of unbranched alkanes of at least 4 members (excludes halogenated alkanes) is 1. The van der Waals surface area contributed by atoms with Crippen molar-refractivity contribution in [2.75, 3.05) is 13.2 Å². The van der Waals surface area contributed by atoms with Gasteiger partial charge in [0.25, 0.3) is 0 Å². The fourth-order valence-electron chi connectivity index (χ4n) is 0.697. The SMILES string of the molecule is CC(=O)/C=C(\O)NCCCCO. The Labute approximate surface area is 71.9 Å². The molecular formula is C8H15NO3. The minimum Gasteiger partial charge on any atom is -0.495 e. The van der Waals surface area contributed by atoms with E-state index < -0.39 is 0 Å². The van der Waals surface area contributed by atoms with E-state index in [2.05, 4.69) is 5.32 Å². The van der Waals surface area contributed by atoms with E-state index in [1.54, 1.807) is 0 Å². The minimum absolute atomic E-state index is 0.111. The van der Waals surface area contributed by atoms with Crippen molar-refractivity contribution in [3.63, 3.8) is 0 Å². The summed E-state index contributed by atoms with van der Waals surface area (Å²) in [4.78, 5) is 10.4. The molecule has 0 spiro atoms. The van der Waals surface area contributed by atoms with E-state index in [9.17, 15) is 4.79 Å². The maximum absolute atomic E-state index is 10.4. The van der Waals surface area contributed by atoms with E-state index in [4.69, 9.17) is 10.2 Å². The number of rotatable bonds is 6. The summed E-state index contributed by atoms with van der Waals surface area (Å²) in [6.07, 6.45) is 2.59. The molecule has 0 amide bonds. The highest BCUT2D eigenvalue weighted by molar-refractivity contribution is 5.87. The van der Waals surface area contributed by atoms with E-state index in [1.807, 2.05) is 0 Å². The van der Waals surface area contributed by atoms with Crippen LogP contribution >= 0.6 is 0 Å². The van der Waals surface area contributed by atoms with Gasteiger partial charge < -0.3 is 15.5 Å². The zero-order valence-electron chi connectivity index (χ0n) is 7.21. The van der Waals surface area contributed by atoms with Crippen molar-refractivity contribution >= 4 is 5.78 Å². The van der Waals surface area contributed by atoms with E-state index in [0.717, 1.165) is 12.5 Å². The topological polar surface area (TPSA) is 69.6 Å². The number of nitrogens with one attached hydrogen (secondary N) is 1. The minimum atomic E-state index is -0.192. The van der Waals surface area contributed by atoms with Crippen molar-refractivity contribution in [2.24, 2.45) is 0 Å². The molecule has 70 valence electrons. The molecular weight excluding hydrogens is 158 g/mol.